The molecule has 0 saturated carbocycles. The maximum atomic E-state index is 11.3. The first-order chi connectivity index (χ1) is 10.6. The standard InChI is InChI=1S/C17H18N2O3/c20-13-7-8-19(11-13)10-12-5-6-16(18-9-12)14-3-1-2-4-15(14)17(21)22/h1-6,9,13,20H,7-8,10-11H2,(H,21,22)/t13-/m1/s1. The van der Waals surface area contributed by atoms with Gasteiger partial charge in [-0.05, 0) is 24.1 Å². The lowest BCUT2D eigenvalue weighted by Gasteiger charge is -2.14. The van der Waals surface area contributed by atoms with Gasteiger partial charge in [0.25, 0.3) is 0 Å². The SMILES string of the molecule is O=C(O)c1ccccc1-c1ccc(CN2CC[C@@H](O)C2)cn1. The van der Waals surface area contributed by atoms with Crippen molar-refractivity contribution in [3.63, 3.8) is 0 Å². The molecule has 1 aliphatic heterocycles. The van der Waals surface area contributed by atoms with Gasteiger partial charge in [0.15, 0.2) is 0 Å². The van der Waals surface area contributed by atoms with Gasteiger partial charge < -0.3 is 10.2 Å². The number of benzene rings is 1. The van der Waals surface area contributed by atoms with Crippen LogP contribution < -0.4 is 0 Å². The topological polar surface area (TPSA) is 73.7 Å². The van der Waals surface area contributed by atoms with E-state index >= 15 is 0 Å². The third-order valence-corrected chi connectivity index (χ3v) is 3.91. The van der Waals surface area contributed by atoms with Crippen molar-refractivity contribution in [3.05, 3.63) is 53.7 Å². The van der Waals surface area contributed by atoms with E-state index < -0.39 is 5.97 Å². The van der Waals surface area contributed by atoms with Gasteiger partial charge in [-0.3, -0.25) is 9.88 Å². The Hall–Kier alpha value is -2.24. The number of carboxylic acids is 1. The molecule has 0 amide bonds. The molecule has 1 aromatic carbocycles. The van der Waals surface area contributed by atoms with Gasteiger partial charge in [-0.15, -0.1) is 0 Å². The third-order valence-electron chi connectivity index (χ3n) is 3.91. The Labute approximate surface area is 128 Å². The van der Waals surface area contributed by atoms with Crippen LogP contribution >= 0.6 is 0 Å². The zero-order valence-electron chi connectivity index (χ0n) is 12.1. The molecule has 5 heteroatoms. The molecular formula is C17H18N2O3. The van der Waals surface area contributed by atoms with Crippen molar-refractivity contribution in [2.24, 2.45) is 0 Å². The molecule has 2 aromatic rings. The number of β-amino-alcohol motifs (C(OH)–C–C–N with tert-alkyl or cyclic N) is 1. The minimum Gasteiger partial charge on any atom is -0.478 e. The summed E-state index contributed by atoms with van der Waals surface area (Å²) in [7, 11) is 0. The van der Waals surface area contributed by atoms with Crippen LogP contribution in [0.3, 0.4) is 0 Å². The molecular weight excluding hydrogens is 280 g/mol. The summed E-state index contributed by atoms with van der Waals surface area (Å²) in [6.07, 6.45) is 2.37. The number of carboxylic acid groups (broad SMARTS) is 1. The van der Waals surface area contributed by atoms with Crippen molar-refractivity contribution >= 4 is 5.97 Å². The van der Waals surface area contributed by atoms with Gasteiger partial charge in [0.05, 0.1) is 17.4 Å². The predicted octanol–water partition coefficient (Wildman–Crippen LogP) is 2.01. The number of carbonyl (C=O) groups is 1. The van der Waals surface area contributed by atoms with E-state index in [-0.39, 0.29) is 11.7 Å². The summed E-state index contributed by atoms with van der Waals surface area (Å²) in [6.45, 7) is 2.35. The van der Waals surface area contributed by atoms with E-state index in [1.165, 1.54) is 0 Å². The van der Waals surface area contributed by atoms with Crippen LogP contribution in [0, 0.1) is 0 Å². The maximum Gasteiger partial charge on any atom is 0.336 e. The molecule has 2 N–H and O–H groups in total. The van der Waals surface area contributed by atoms with Crippen molar-refractivity contribution < 1.29 is 15.0 Å². The highest BCUT2D eigenvalue weighted by Gasteiger charge is 2.20. The van der Waals surface area contributed by atoms with E-state index in [0.29, 0.717) is 17.8 Å². The van der Waals surface area contributed by atoms with Gasteiger partial charge in [-0.2, -0.15) is 0 Å². The molecule has 0 spiro atoms. The summed E-state index contributed by atoms with van der Waals surface area (Å²) in [5.74, 6) is -0.951. The van der Waals surface area contributed by atoms with E-state index in [2.05, 4.69) is 9.88 Å². The number of rotatable bonds is 4. The van der Waals surface area contributed by atoms with Crippen molar-refractivity contribution in [1.82, 2.24) is 9.88 Å². The number of aliphatic hydroxyl groups excluding tert-OH is 1. The highest BCUT2D eigenvalue weighted by molar-refractivity contribution is 5.95. The van der Waals surface area contributed by atoms with E-state index in [0.717, 1.165) is 25.1 Å². The minimum atomic E-state index is -0.951. The normalized spacial score (nSPS) is 18.5. The fourth-order valence-corrected chi connectivity index (χ4v) is 2.78. The van der Waals surface area contributed by atoms with Gasteiger partial charge in [-0.1, -0.05) is 24.3 Å². The van der Waals surface area contributed by atoms with Gasteiger partial charge >= 0.3 is 5.97 Å². The van der Waals surface area contributed by atoms with Crippen LogP contribution in [0.15, 0.2) is 42.6 Å². The first kappa shape index (κ1) is 14.7. The molecule has 1 fully saturated rings. The Morgan fingerprint density at radius 2 is 2.09 bits per heavy atom. The van der Waals surface area contributed by atoms with Crippen LogP contribution in [0.2, 0.25) is 0 Å². The largest absolute Gasteiger partial charge is 0.478 e. The second-order valence-corrected chi connectivity index (χ2v) is 5.58. The van der Waals surface area contributed by atoms with Crippen LogP contribution in [0.1, 0.15) is 22.3 Å². The Morgan fingerprint density at radius 3 is 2.73 bits per heavy atom. The number of hydrogen-bond donors (Lipinski definition) is 2. The van der Waals surface area contributed by atoms with Crippen LogP contribution in [0.25, 0.3) is 11.3 Å². The quantitative estimate of drug-likeness (QED) is 0.903. The fraction of sp³-hybridized carbons (Fsp3) is 0.294. The Balaban J connectivity index is 1.78. The number of aromatic carboxylic acids is 1. The van der Waals surface area contributed by atoms with Crippen molar-refractivity contribution in [1.29, 1.82) is 0 Å². The van der Waals surface area contributed by atoms with Crippen molar-refractivity contribution in [2.45, 2.75) is 19.1 Å². The minimum absolute atomic E-state index is 0.227. The number of nitrogens with zero attached hydrogens (tertiary/aromatic N) is 2. The van der Waals surface area contributed by atoms with Gasteiger partial charge in [0, 0.05) is 31.4 Å². The van der Waals surface area contributed by atoms with Crippen LogP contribution in [0.5, 0.6) is 0 Å². The smallest absolute Gasteiger partial charge is 0.336 e. The second kappa shape index (κ2) is 6.25. The maximum absolute atomic E-state index is 11.3. The first-order valence-electron chi connectivity index (χ1n) is 7.31. The van der Waals surface area contributed by atoms with E-state index in [4.69, 9.17) is 0 Å². The Kier molecular flexibility index (Phi) is 4.18. The van der Waals surface area contributed by atoms with Crippen LogP contribution in [-0.2, 0) is 6.54 Å². The Morgan fingerprint density at radius 1 is 1.27 bits per heavy atom. The molecule has 114 valence electrons. The second-order valence-electron chi connectivity index (χ2n) is 5.58. The summed E-state index contributed by atoms with van der Waals surface area (Å²) in [4.78, 5) is 17.9. The highest BCUT2D eigenvalue weighted by Crippen LogP contribution is 2.22. The van der Waals surface area contributed by atoms with Crippen LogP contribution in [-0.4, -0.2) is 45.3 Å². The summed E-state index contributed by atoms with van der Waals surface area (Å²) in [5, 5.41) is 18.8. The highest BCUT2D eigenvalue weighted by atomic mass is 16.4. The summed E-state index contributed by atoms with van der Waals surface area (Å²) in [5.41, 5.74) is 2.59. The molecule has 5 nitrogen and oxygen atoms in total. The zero-order valence-corrected chi connectivity index (χ0v) is 12.1. The molecule has 0 radical (unpaired) electrons. The fourth-order valence-electron chi connectivity index (χ4n) is 2.78. The molecule has 1 aromatic heterocycles. The van der Waals surface area contributed by atoms with Gasteiger partial charge in [0.1, 0.15) is 0 Å². The third kappa shape index (κ3) is 3.16. The predicted molar refractivity (Wildman–Crippen MR) is 82.5 cm³/mol. The summed E-state index contributed by atoms with van der Waals surface area (Å²) >= 11 is 0. The lowest BCUT2D eigenvalue weighted by Crippen LogP contribution is -2.21. The van der Waals surface area contributed by atoms with Gasteiger partial charge in [-0.25, -0.2) is 4.79 Å². The lowest BCUT2D eigenvalue weighted by atomic mass is 10.0. The first-order valence-corrected chi connectivity index (χ1v) is 7.31. The van der Waals surface area contributed by atoms with E-state index in [1.54, 1.807) is 24.4 Å². The number of likely N-dealkylation sites (tertiary alicyclic amines) is 1. The molecule has 0 unspecified atom stereocenters. The van der Waals surface area contributed by atoms with Gasteiger partial charge in [0.2, 0.25) is 0 Å². The average Bonchev–Trinajstić information content (AvgIpc) is 2.93. The average molecular weight is 298 g/mol. The van der Waals surface area contributed by atoms with E-state index in [9.17, 15) is 15.0 Å². The van der Waals surface area contributed by atoms with Crippen molar-refractivity contribution in [2.75, 3.05) is 13.1 Å². The monoisotopic (exact) mass is 298 g/mol. The van der Waals surface area contributed by atoms with Crippen LogP contribution in [0.4, 0.5) is 0 Å². The van der Waals surface area contributed by atoms with E-state index in [1.807, 2.05) is 18.2 Å². The molecule has 0 aliphatic carbocycles. The number of aliphatic hydroxyl groups is 1. The molecule has 22 heavy (non-hydrogen) atoms. The lowest BCUT2D eigenvalue weighted by molar-refractivity contribution is 0.0697. The zero-order chi connectivity index (χ0) is 15.5. The summed E-state index contributed by atoms with van der Waals surface area (Å²) < 4.78 is 0. The molecule has 2 heterocycles. The molecule has 1 saturated heterocycles. The molecule has 0 bridgehead atoms. The molecule has 3 rings (SSSR count). The Bertz CT molecular complexity index is 670. The molecule has 1 atom stereocenters. The number of aromatic nitrogens is 1. The summed E-state index contributed by atoms with van der Waals surface area (Å²) in [6, 6.07) is 10.7. The number of hydrogen-bond acceptors (Lipinski definition) is 4. The number of pyridine rings is 1. The van der Waals surface area contributed by atoms with Crippen molar-refractivity contribution in [3.8, 4) is 11.3 Å². The molecule has 1 aliphatic rings.